The van der Waals surface area contributed by atoms with Gasteiger partial charge in [-0.1, -0.05) is 6.07 Å². The first kappa shape index (κ1) is 16.2. The van der Waals surface area contributed by atoms with Crippen LogP contribution in [0.5, 0.6) is 11.5 Å². The van der Waals surface area contributed by atoms with Crippen LogP contribution in [-0.4, -0.2) is 37.7 Å². The molecule has 0 spiro atoms. The minimum atomic E-state index is 0.274. The minimum absolute atomic E-state index is 0.274. The Morgan fingerprint density at radius 2 is 1.93 bits per heavy atom. The zero-order chi connectivity index (χ0) is 18.2. The van der Waals surface area contributed by atoms with Gasteiger partial charge in [0, 0.05) is 24.2 Å². The monoisotopic (exact) mass is 379 g/mol. The van der Waals surface area contributed by atoms with Gasteiger partial charge in [0.25, 0.3) is 0 Å². The highest BCUT2D eigenvalue weighted by atomic mass is 32.1. The number of H-pyrrole nitrogens is 1. The van der Waals surface area contributed by atoms with E-state index in [1.165, 1.54) is 17.3 Å². The predicted molar refractivity (Wildman–Crippen MR) is 103 cm³/mol. The van der Waals surface area contributed by atoms with Crippen LogP contribution < -0.4 is 9.47 Å². The van der Waals surface area contributed by atoms with Crippen molar-refractivity contribution in [2.24, 2.45) is 0 Å². The highest BCUT2D eigenvalue weighted by Crippen LogP contribution is 2.36. The molecule has 0 saturated heterocycles. The molecule has 4 aromatic rings. The summed E-state index contributed by atoms with van der Waals surface area (Å²) in [5.41, 5.74) is 6.29. The lowest BCUT2D eigenvalue weighted by Gasteiger charge is -2.17. The van der Waals surface area contributed by atoms with E-state index in [-0.39, 0.29) is 6.79 Å². The van der Waals surface area contributed by atoms with Crippen LogP contribution in [0.4, 0.5) is 0 Å². The number of aromatic amines is 1. The SMILES string of the molecule is CN(Cc1ccc2nsnc2c1)Cc1cn[nH]c1-c1ccc2c(c1)OCO2. The minimum Gasteiger partial charge on any atom is -0.454 e. The van der Waals surface area contributed by atoms with E-state index in [0.717, 1.165) is 52.4 Å². The number of hydrogen-bond acceptors (Lipinski definition) is 7. The van der Waals surface area contributed by atoms with Gasteiger partial charge in [0.1, 0.15) is 11.0 Å². The van der Waals surface area contributed by atoms with Crippen molar-refractivity contribution in [2.75, 3.05) is 13.8 Å². The average Bonchev–Trinajstić information content (AvgIpc) is 3.40. The molecule has 0 aliphatic carbocycles. The average molecular weight is 379 g/mol. The van der Waals surface area contributed by atoms with Crippen LogP contribution in [0.25, 0.3) is 22.3 Å². The number of nitrogens with one attached hydrogen (secondary N) is 1. The van der Waals surface area contributed by atoms with Crippen molar-refractivity contribution >= 4 is 22.8 Å². The molecule has 7 nitrogen and oxygen atoms in total. The number of rotatable bonds is 5. The molecule has 0 radical (unpaired) electrons. The Kier molecular flexibility index (Phi) is 3.99. The summed E-state index contributed by atoms with van der Waals surface area (Å²) in [6.07, 6.45) is 1.88. The Hall–Kier alpha value is -2.97. The van der Waals surface area contributed by atoms with Gasteiger partial charge in [-0.2, -0.15) is 13.8 Å². The summed E-state index contributed by atoms with van der Waals surface area (Å²) >= 11 is 1.25. The molecule has 8 heteroatoms. The molecule has 136 valence electrons. The van der Waals surface area contributed by atoms with Crippen molar-refractivity contribution in [3.8, 4) is 22.8 Å². The third kappa shape index (κ3) is 3.13. The summed E-state index contributed by atoms with van der Waals surface area (Å²) in [6, 6.07) is 12.2. The fourth-order valence-electron chi connectivity index (χ4n) is 3.32. The van der Waals surface area contributed by atoms with E-state index in [2.05, 4.69) is 43.0 Å². The highest BCUT2D eigenvalue weighted by Gasteiger charge is 2.17. The van der Waals surface area contributed by atoms with Gasteiger partial charge in [-0.15, -0.1) is 0 Å². The molecule has 0 bridgehead atoms. The van der Waals surface area contributed by atoms with Crippen molar-refractivity contribution in [1.82, 2.24) is 23.8 Å². The second-order valence-corrected chi connectivity index (χ2v) is 7.13. The number of ether oxygens (including phenoxy) is 2. The quantitative estimate of drug-likeness (QED) is 0.572. The Morgan fingerprint density at radius 1 is 1.04 bits per heavy atom. The fourth-order valence-corrected chi connectivity index (χ4v) is 3.83. The van der Waals surface area contributed by atoms with Gasteiger partial charge in [-0.05, 0) is 42.9 Å². The molecule has 27 heavy (non-hydrogen) atoms. The van der Waals surface area contributed by atoms with Crippen molar-refractivity contribution in [3.63, 3.8) is 0 Å². The maximum absolute atomic E-state index is 5.49. The van der Waals surface area contributed by atoms with Crippen LogP contribution in [0.3, 0.4) is 0 Å². The molecule has 0 saturated carbocycles. The van der Waals surface area contributed by atoms with Gasteiger partial charge < -0.3 is 9.47 Å². The van der Waals surface area contributed by atoms with E-state index in [0.29, 0.717) is 0 Å². The lowest BCUT2D eigenvalue weighted by Crippen LogP contribution is -2.17. The molecule has 1 aliphatic heterocycles. The Balaban J connectivity index is 1.34. The van der Waals surface area contributed by atoms with Crippen LogP contribution in [0.2, 0.25) is 0 Å². The molecule has 2 aromatic heterocycles. The number of benzene rings is 2. The number of aromatic nitrogens is 4. The Bertz CT molecular complexity index is 1110. The zero-order valence-corrected chi connectivity index (χ0v) is 15.5. The first-order valence-corrected chi connectivity index (χ1v) is 9.31. The van der Waals surface area contributed by atoms with Crippen molar-refractivity contribution in [1.29, 1.82) is 0 Å². The molecule has 1 aliphatic rings. The molecule has 0 amide bonds. The van der Waals surface area contributed by atoms with Crippen LogP contribution in [0.15, 0.2) is 42.6 Å². The van der Waals surface area contributed by atoms with E-state index in [1.54, 1.807) is 0 Å². The molecule has 5 rings (SSSR count). The summed E-state index contributed by atoms with van der Waals surface area (Å²) in [7, 11) is 2.10. The lowest BCUT2D eigenvalue weighted by atomic mass is 10.1. The van der Waals surface area contributed by atoms with Gasteiger partial charge in [-0.3, -0.25) is 10.00 Å². The summed E-state index contributed by atoms with van der Waals surface area (Å²) < 4.78 is 19.5. The Labute approximate surface area is 159 Å². The zero-order valence-electron chi connectivity index (χ0n) is 14.7. The molecular formula is C19H17N5O2S. The Morgan fingerprint density at radius 3 is 2.89 bits per heavy atom. The number of nitrogens with zero attached hydrogens (tertiary/aromatic N) is 4. The van der Waals surface area contributed by atoms with Gasteiger partial charge in [-0.25, -0.2) is 0 Å². The molecule has 2 aromatic carbocycles. The van der Waals surface area contributed by atoms with Gasteiger partial charge >= 0.3 is 0 Å². The third-order valence-electron chi connectivity index (χ3n) is 4.59. The van der Waals surface area contributed by atoms with Crippen molar-refractivity contribution < 1.29 is 9.47 Å². The van der Waals surface area contributed by atoms with E-state index in [4.69, 9.17) is 9.47 Å². The summed E-state index contributed by atoms with van der Waals surface area (Å²) in [6.45, 7) is 1.86. The van der Waals surface area contributed by atoms with E-state index in [1.807, 2.05) is 30.5 Å². The first-order valence-electron chi connectivity index (χ1n) is 8.58. The maximum Gasteiger partial charge on any atom is 0.231 e. The normalized spacial score (nSPS) is 13.0. The van der Waals surface area contributed by atoms with Crippen LogP contribution in [0, 0.1) is 0 Å². The van der Waals surface area contributed by atoms with E-state index in [9.17, 15) is 0 Å². The van der Waals surface area contributed by atoms with Crippen molar-refractivity contribution in [2.45, 2.75) is 13.1 Å². The standard InChI is InChI=1S/C19H17N5O2S/c1-24(9-12-2-4-15-16(6-12)23-27-22-15)10-14-8-20-21-19(14)13-3-5-17-18(7-13)26-11-25-17/h2-8H,9-11H2,1H3,(H,20,21). The fraction of sp³-hybridized carbons (Fsp3) is 0.211. The molecule has 1 N–H and O–H groups in total. The van der Waals surface area contributed by atoms with E-state index < -0.39 is 0 Å². The van der Waals surface area contributed by atoms with Crippen LogP contribution >= 0.6 is 11.7 Å². The molecule has 0 atom stereocenters. The first-order chi connectivity index (χ1) is 13.3. The number of hydrogen-bond donors (Lipinski definition) is 1. The topological polar surface area (TPSA) is 76.2 Å². The summed E-state index contributed by atoms with van der Waals surface area (Å²) in [5.74, 6) is 1.55. The van der Waals surface area contributed by atoms with Gasteiger partial charge in [0.15, 0.2) is 11.5 Å². The van der Waals surface area contributed by atoms with Gasteiger partial charge in [0.05, 0.1) is 23.6 Å². The second-order valence-electron chi connectivity index (χ2n) is 6.60. The van der Waals surface area contributed by atoms with Gasteiger partial charge in [0.2, 0.25) is 6.79 Å². The highest BCUT2D eigenvalue weighted by molar-refractivity contribution is 7.00. The summed E-state index contributed by atoms with van der Waals surface area (Å²) in [5, 5.41) is 7.36. The predicted octanol–water partition coefficient (Wildman–Crippen LogP) is 3.44. The van der Waals surface area contributed by atoms with E-state index >= 15 is 0 Å². The van der Waals surface area contributed by atoms with Crippen LogP contribution in [0.1, 0.15) is 11.1 Å². The lowest BCUT2D eigenvalue weighted by molar-refractivity contribution is 0.174. The smallest absolute Gasteiger partial charge is 0.231 e. The summed E-state index contributed by atoms with van der Waals surface area (Å²) in [4.78, 5) is 2.25. The number of fused-ring (bicyclic) bond motifs is 2. The van der Waals surface area contributed by atoms with Crippen LogP contribution in [-0.2, 0) is 13.1 Å². The molecule has 0 unspecified atom stereocenters. The third-order valence-corrected chi connectivity index (χ3v) is 5.15. The molecule has 3 heterocycles. The largest absolute Gasteiger partial charge is 0.454 e. The van der Waals surface area contributed by atoms with Crippen molar-refractivity contribution in [3.05, 3.63) is 53.7 Å². The molecular weight excluding hydrogens is 362 g/mol. The second kappa shape index (κ2) is 6.64. The molecule has 0 fully saturated rings. The maximum atomic E-state index is 5.49.